The van der Waals surface area contributed by atoms with Gasteiger partial charge in [0.15, 0.2) is 0 Å². The lowest BCUT2D eigenvalue weighted by Gasteiger charge is -2.28. The van der Waals surface area contributed by atoms with E-state index in [1.165, 1.54) is 0 Å². The van der Waals surface area contributed by atoms with Gasteiger partial charge in [-0.3, -0.25) is 14.9 Å². The fourth-order valence-electron chi connectivity index (χ4n) is 1.79. The largest absolute Gasteiger partial charge is 0.389 e. The number of hydrogen-bond acceptors (Lipinski definition) is 5. The zero-order chi connectivity index (χ0) is 12.4. The average molecular weight is 235 g/mol. The summed E-state index contributed by atoms with van der Waals surface area (Å²) in [5.74, 6) is -0.238. The third kappa shape index (κ3) is 2.42. The van der Waals surface area contributed by atoms with Crippen molar-refractivity contribution < 1.29 is 14.7 Å². The Balaban J connectivity index is 2.33. The molecule has 0 aromatic carbocycles. The molecule has 1 aliphatic rings. The molecule has 2 rings (SSSR count). The third-order valence-electron chi connectivity index (χ3n) is 2.51. The monoisotopic (exact) mass is 235 g/mol. The number of pyridine rings is 1. The zero-order valence-electron chi connectivity index (χ0n) is 9.38. The van der Waals surface area contributed by atoms with Gasteiger partial charge in [0.05, 0.1) is 19.2 Å². The Morgan fingerprint density at radius 2 is 2.06 bits per heavy atom. The number of carbonyl (C=O) groups is 2. The van der Waals surface area contributed by atoms with Gasteiger partial charge in [-0.15, -0.1) is 0 Å². The molecule has 0 spiro atoms. The van der Waals surface area contributed by atoms with Crippen LogP contribution in [0.2, 0.25) is 0 Å². The van der Waals surface area contributed by atoms with E-state index in [0.717, 1.165) is 0 Å². The topological polar surface area (TPSA) is 82.5 Å². The Bertz CT molecular complexity index is 443. The zero-order valence-corrected chi connectivity index (χ0v) is 9.38. The Morgan fingerprint density at radius 1 is 1.41 bits per heavy atom. The number of rotatable bonds is 2. The molecular formula is C11H13N3O3. The molecule has 2 heterocycles. The van der Waals surface area contributed by atoms with Gasteiger partial charge in [-0.1, -0.05) is 6.07 Å². The van der Waals surface area contributed by atoms with Crippen LogP contribution in [0, 0.1) is 0 Å². The first-order valence-electron chi connectivity index (χ1n) is 5.28. The second-order valence-corrected chi connectivity index (χ2v) is 3.92. The van der Waals surface area contributed by atoms with Gasteiger partial charge in [-0.05, 0) is 13.0 Å². The summed E-state index contributed by atoms with van der Waals surface area (Å²) in [4.78, 5) is 28.2. The minimum Gasteiger partial charge on any atom is -0.389 e. The Hall–Kier alpha value is -1.95. The van der Waals surface area contributed by atoms with Crippen LogP contribution in [0.1, 0.15) is 18.6 Å². The summed E-state index contributed by atoms with van der Waals surface area (Å²) >= 11 is 0. The van der Waals surface area contributed by atoms with E-state index >= 15 is 0 Å². The lowest BCUT2D eigenvalue weighted by Crippen LogP contribution is -2.52. The average Bonchev–Trinajstić information content (AvgIpc) is 2.27. The highest BCUT2D eigenvalue weighted by Crippen LogP contribution is 2.23. The number of hydrogen-bond donors (Lipinski definition) is 2. The van der Waals surface area contributed by atoms with Crippen molar-refractivity contribution in [3.63, 3.8) is 0 Å². The summed E-state index contributed by atoms with van der Waals surface area (Å²) in [6.45, 7) is 1.76. The van der Waals surface area contributed by atoms with Crippen LogP contribution in [0.25, 0.3) is 0 Å². The third-order valence-corrected chi connectivity index (χ3v) is 2.51. The second-order valence-electron chi connectivity index (χ2n) is 3.92. The first-order valence-corrected chi connectivity index (χ1v) is 5.28. The highest BCUT2D eigenvalue weighted by Gasteiger charge is 2.25. The summed E-state index contributed by atoms with van der Waals surface area (Å²) in [5.41, 5.74) is 0.606. The van der Waals surface area contributed by atoms with Gasteiger partial charge in [0.2, 0.25) is 11.8 Å². The van der Waals surface area contributed by atoms with Crippen molar-refractivity contribution in [2.75, 3.05) is 18.0 Å². The quantitative estimate of drug-likeness (QED) is 0.681. The van der Waals surface area contributed by atoms with Crippen LogP contribution < -0.4 is 10.2 Å². The molecule has 0 aliphatic carbocycles. The number of imide groups is 1. The van der Waals surface area contributed by atoms with E-state index in [0.29, 0.717) is 11.4 Å². The van der Waals surface area contributed by atoms with E-state index in [9.17, 15) is 14.7 Å². The van der Waals surface area contributed by atoms with Crippen molar-refractivity contribution in [3.05, 3.63) is 23.9 Å². The minimum atomic E-state index is -0.696. The number of nitrogens with one attached hydrogen (secondary N) is 1. The van der Waals surface area contributed by atoms with Crippen molar-refractivity contribution in [1.82, 2.24) is 10.3 Å². The van der Waals surface area contributed by atoms with Crippen LogP contribution in [0.3, 0.4) is 0 Å². The van der Waals surface area contributed by atoms with Gasteiger partial charge in [0.25, 0.3) is 0 Å². The Morgan fingerprint density at radius 3 is 2.65 bits per heavy atom. The van der Waals surface area contributed by atoms with Crippen molar-refractivity contribution in [2.45, 2.75) is 13.0 Å². The first-order chi connectivity index (χ1) is 8.08. The molecule has 1 saturated heterocycles. The van der Waals surface area contributed by atoms with Crippen molar-refractivity contribution in [3.8, 4) is 0 Å². The van der Waals surface area contributed by atoms with E-state index in [4.69, 9.17) is 0 Å². The van der Waals surface area contributed by atoms with Crippen LogP contribution in [-0.2, 0) is 9.59 Å². The predicted octanol–water partition coefficient (Wildman–Crippen LogP) is -0.402. The molecule has 0 radical (unpaired) electrons. The molecule has 0 unspecified atom stereocenters. The maximum absolute atomic E-state index is 11.3. The molecule has 17 heavy (non-hydrogen) atoms. The molecule has 1 aliphatic heterocycles. The highest BCUT2D eigenvalue weighted by atomic mass is 16.3. The van der Waals surface area contributed by atoms with Crippen molar-refractivity contribution >= 4 is 17.6 Å². The van der Waals surface area contributed by atoms with Crippen LogP contribution in [-0.4, -0.2) is 35.0 Å². The molecule has 6 heteroatoms. The van der Waals surface area contributed by atoms with Gasteiger partial charge >= 0.3 is 0 Å². The lowest BCUT2D eigenvalue weighted by atomic mass is 10.1. The molecule has 0 bridgehead atoms. The summed E-state index contributed by atoms with van der Waals surface area (Å²) in [5, 5.41) is 11.8. The van der Waals surface area contributed by atoms with Gasteiger partial charge in [-0.2, -0.15) is 0 Å². The number of amides is 2. The predicted molar refractivity (Wildman–Crippen MR) is 60.2 cm³/mol. The van der Waals surface area contributed by atoms with E-state index in [1.54, 1.807) is 30.2 Å². The van der Waals surface area contributed by atoms with Gasteiger partial charge in [0.1, 0.15) is 5.82 Å². The van der Waals surface area contributed by atoms with E-state index in [-0.39, 0.29) is 24.9 Å². The normalized spacial score (nSPS) is 17.9. The molecule has 1 atom stereocenters. The Kier molecular flexibility index (Phi) is 3.06. The maximum Gasteiger partial charge on any atom is 0.246 e. The van der Waals surface area contributed by atoms with Crippen LogP contribution in [0.15, 0.2) is 18.3 Å². The lowest BCUT2D eigenvalue weighted by molar-refractivity contribution is -0.130. The SMILES string of the molecule is C[C@H](O)c1cccnc1N1CC(=O)NC(=O)C1. The molecule has 1 aromatic heterocycles. The molecule has 1 fully saturated rings. The number of aromatic nitrogens is 1. The highest BCUT2D eigenvalue weighted by molar-refractivity contribution is 6.02. The van der Waals surface area contributed by atoms with Crippen molar-refractivity contribution in [1.29, 1.82) is 0 Å². The smallest absolute Gasteiger partial charge is 0.246 e. The fourth-order valence-corrected chi connectivity index (χ4v) is 1.79. The Labute approximate surface area is 98.3 Å². The van der Waals surface area contributed by atoms with Gasteiger partial charge in [-0.25, -0.2) is 4.98 Å². The summed E-state index contributed by atoms with van der Waals surface area (Å²) in [6, 6.07) is 3.43. The number of carbonyl (C=O) groups excluding carboxylic acids is 2. The van der Waals surface area contributed by atoms with Gasteiger partial charge in [0, 0.05) is 11.8 Å². The second kappa shape index (κ2) is 4.50. The molecule has 90 valence electrons. The summed E-state index contributed by atoms with van der Waals surface area (Å²) in [6.07, 6.45) is 0.872. The number of nitrogens with zero attached hydrogens (tertiary/aromatic N) is 2. The summed E-state index contributed by atoms with van der Waals surface area (Å²) in [7, 11) is 0. The van der Waals surface area contributed by atoms with Crippen molar-refractivity contribution in [2.24, 2.45) is 0 Å². The van der Waals surface area contributed by atoms with Crippen LogP contribution in [0.4, 0.5) is 5.82 Å². The van der Waals surface area contributed by atoms with Crippen LogP contribution >= 0.6 is 0 Å². The molecule has 0 saturated carbocycles. The molecule has 1 aromatic rings. The molecule has 2 amide bonds. The minimum absolute atomic E-state index is 0.0719. The summed E-state index contributed by atoms with van der Waals surface area (Å²) < 4.78 is 0. The molecule has 6 nitrogen and oxygen atoms in total. The van der Waals surface area contributed by atoms with Gasteiger partial charge < -0.3 is 10.0 Å². The molecule has 2 N–H and O–H groups in total. The van der Waals surface area contributed by atoms with E-state index in [1.807, 2.05) is 0 Å². The maximum atomic E-state index is 11.3. The fraction of sp³-hybridized carbons (Fsp3) is 0.364. The van der Waals surface area contributed by atoms with E-state index < -0.39 is 6.10 Å². The molecular weight excluding hydrogens is 222 g/mol. The number of aliphatic hydroxyl groups is 1. The van der Waals surface area contributed by atoms with E-state index in [2.05, 4.69) is 10.3 Å². The standard InChI is InChI=1S/C11H13N3O3/c1-7(15)8-3-2-4-12-11(8)14-5-9(16)13-10(17)6-14/h2-4,7,15H,5-6H2,1H3,(H,13,16,17)/t7-/m0/s1. The first kappa shape index (κ1) is 11.5. The van der Waals surface area contributed by atoms with Crippen LogP contribution in [0.5, 0.6) is 0 Å². The number of piperazine rings is 1. The number of anilines is 1. The number of aliphatic hydroxyl groups excluding tert-OH is 1.